The average Bonchev–Trinajstić information content (AvgIpc) is 3.89. The van der Waals surface area contributed by atoms with Crippen LogP contribution in [0.1, 0.15) is 44.8 Å². The van der Waals surface area contributed by atoms with Crippen LogP contribution in [0.15, 0.2) is 99.1 Å². The quantitative estimate of drug-likeness (QED) is 0.173. The molecule has 46 heavy (non-hydrogen) atoms. The number of hydrogen-bond donors (Lipinski definition) is 1. The Balaban J connectivity index is 1.27. The first-order chi connectivity index (χ1) is 22.2. The molecule has 6 rings (SSSR count). The van der Waals surface area contributed by atoms with Gasteiger partial charge in [0.1, 0.15) is 5.75 Å². The zero-order chi connectivity index (χ0) is 32.3. The second kappa shape index (κ2) is 13.2. The van der Waals surface area contributed by atoms with Crippen molar-refractivity contribution in [2.75, 3.05) is 12.9 Å². The molecule has 1 N–H and O–H groups in total. The first kappa shape index (κ1) is 31.1. The lowest BCUT2D eigenvalue weighted by atomic mass is 10.0. The van der Waals surface area contributed by atoms with Gasteiger partial charge in [0.2, 0.25) is 0 Å². The van der Waals surface area contributed by atoms with Gasteiger partial charge in [-0.25, -0.2) is 5.01 Å². The second-order valence-electron chi connectivity index (χ2n) is 9.99. The summed E-state index contributed by atoms with van der Waals surface area (Å²) in [6.07, 6.45) is -2.74. The van der Waals surface area contributed by atoms with Crippen LogP contribution in [-0.4, -0.2) is 50.2 Å². The number of aromatic nitrogens is 3. The minimum atomic E-state index is -4.59. The number of carbonyl (C=O) groups excluding carboxylic acids is 2. The molecule has 2 aromatic carbocycles. The fourth-order valence-electron chi connectivity index (χ4n) is 4.85. The van der Waals surface area contributed by atoms with E-state index in [1.807, 2.05) is 41.8 Å². The van der Waals surface area contributed by atoms with E-state index in [0.717, 1.165) is 40.0 Å². The summed E-state index contributed by atoms with van der Waals surface area (Å²) in [6.45, 7) is -0.169. The lowest BCUT2D eigenvalue weighted by Gasteiger charge is -2.22. The molecule has 1 aliphatic heterocycles. The smallest absolute Gasteiger partial charge is 0.416 e. The molecular formula is C31H25F3N6O4S2. The standard InChI is InChI=1S/C31H25F3N6O4S2/c1-43-22-11-9-19(10-12-22)24-16-23(26-8-4-14-45-26)38-40(24)28(41)18-46-30-37-36-27(17-35-29(42)25-7-3-13-44-25)39(30)21-6-2-5-20(15-21)31(32,33)34/h2-15,24H,16-18H2,1H3,(H,35,42)/t24-/m0/s1. The Morgan fingerprint density at radius 3 is 2.61 bits per heavy atom. The number of hydrogen-bond acceptors (Lipinski definition) is 9. The maximum absolute atomic E-state index is 13.7. The van der Waals surface area contributed by atoms with E-state index in [2.05, 4.69) is 20.6 Å². The lowest BCUT2D eigenvalue weighted by molar-refractivity contribution is -0.137. The van der Waals surface area contributed by atoms with Crippen LogP contribution >= 0.6 is 23.1 Å². The average molecular weight is 667 g/mol. The van der Waals surface area contributed by atoms with E-state index in [9.17, 15) is 22.8 Å². The second-order valence-corrected chi connectivity index (χ2v) is 11.9. The van der Waals surface area contributed by atoms with E-state index < -0.39 is 17.6 Å². The highest BCUT2D eigenvalue weighted by molar-refractivity contribution is 7.99. The number of carbonyl (C=O) groups is 2. The van der Waals surface area contributed by atoms with Gasteiger partial charge < -0.3 is 14.5 Å². The van der Waals surface area contributed by atoms with Crippen LogP contribution in [0.25, 0.3) is 5.69 Å². The van der Waals surface area contributed by atoms with Crippen LogP contribution in [0.2, 0.25) is 0 Å². The summed E-state index contributed by atoms with van der Waals surface area (Å²) in [5.74, 6) is -0.104. The van der Waals surface area contributed by atoms with Crippen molar-refractivity contribution in [2.24, 2.45) is 5.10 Å². The lowest BCUT2D eigenvalue weighted by Crippen LogP contribution is -2.28. The van der Waals surface area contributed by atoms with Gasteiger partial charge in [-0.05, 0) is 59.5 Å². The van der Waals surface area contributed by atoms with Crippen molar-refractivity contribution in [1.29, 1.82) is 0 Å². The monoisotopic (exact) mass is 666 g/mol. The zero-order valence-corrected chi connectivity index (χ0v) is 25.7. The molecule has 0 aliphatic carbocycles. The molecule has 0 unspecified atom stereocenters. The van der Waals surface area contributed by atoms with Crippen molar-refractivity contribution in [3.8, 4) is 11.4 Å². The Kier molecular flexibility index (Phi) is 8.94. The molecule has 3 aromatic heterocycles. The van der Waals surface area contributed by atoms with E-state index in [0.29, 0.717) is 12.2 Å². The number of benzene rings is 2. The minimum absolute atomic E-state index is 0.0600. The van der Waals surface area contributed by atoms with Gasteiger partial charge in [-0.15, -0.1) is 21.5 Å². The summed E-state index contributed by atoms with van der Waals surface area (Å²) in [7, 11) is 1.58. The molecule has 236 valence electrons. The first-order valence-corrected chi connectivity index (χ1v) is 15.7. The number of methoxy groups -OCH3 is 1. The van der Waals surface area contributed by atoms with Crippen molar-refractivity contribution in [1.82, 2.24) is 25.1 Å². The zero-order valence-electron chi connectivity index (χ0n) is 24.1. The van der Waals surface area contributed by atoms with Gasteiger partial charge in [0.25, 0.3) is 11.8 Å². The highest BCUT2D eigenvalue weighted by Gasteiger charge is 2.34. The SMILES string of the molecule is COc1ccc([C@@H]2CC(c3cccs3)=NN2C(=O)CSc2nnc(CNC(=O)c3ccco3)n2-c2cccc(C(F)(F)F)c2)cc1. The molecule has 2 amide bonds. The van der Waals surface area contributed by atoms with Crippen LogP contribution < -0.4 is 10.1 Å². The third kappa shape index (κ3) is 6.70. The molecule has 0 spiro atoms. The summed E-state index contributed by atoms with van der Waals surface area (Å²) in [4.78, 5) is 27.2. The van der Waals surface area contributed by atoms with Crippen LogP contribution in [-0.2, 0) is 17.5 Å². The number of rotatable bonds is 10. The number of hydrazone groups is 1. The topological polar surface area (TPSA) is 115 Å². The third-order valence-corrected chi connectivity index (χ3v) is 8.91. The van der Waals surface area contributed by atoms with Gasteiger partial charge in [0.05, 0.1) is 53.6 Å². The fourth-order valence-corrected chi connectivity index (χ4v) is 6.40. The van der Waals surface area contributed by atoms with Crippen molar-refractivity contribution in [3.05, 3.63) is 112 Å². The Morgan fingerprint density at radius 2 is 1.91 bits per heavy atom. The number of amides is 2. The van der Waals surface area contributed by atoms with E-state index in [4.69, 9.17) is 9.15 Å². The minimum Gasteiger partial charge on any atom is -0.497 e. The predicted molar refractivity (Wildman–Crippen MR) is 165 cm³/mol. The van der Waals surface area contributed by atoms with Gasteiger partial charge >= 0.3 is 6.18 Å². The summed E-state index contributed by atoms with van der Waals surface area (Å²) in [5, 5.41) is 19.2. The van der Waals surface area contributed by atoms with Crippen molar-refractivity contribution in [2.45, 2.75) is 30.3 Å². The van der Waals surface area contributed by atoms with Crippen LogP contribution in [0.3, 0.4) is 0 Å². The normalized spacial score (nSPS) is 14.7. The van der Waals surface area contributed by atoms with E-state index in [1.54, 1.807) is 13.2 Å². The Labute approximate surface area is 268 Å². The molecule has 15 heteroatoms. The summed E-state index contributed by atoms with van der Waals surface area (Å²) in [5.41, 5.74) is 0.894. The van der Waals surface area contributed by atoms with Gasteiger partial charge in [-0.3, -0.25) is 14.2 Å². The molecule has 0 radical (unpaired) electrons. The highest BCUT2D eigenvalue weighted by Crippen LogP contribution is 2.36. The molecule has 1 atom stereocenters. The van der Waals surface area contributed by atoms with E-state index in [1.165, 1.54) is 45.4 Å². The molecule has 5 aromatic rings. The number of halogens is 3. The molecule has 4 heterocycles. The van der Waals surface area contributed by atoms with Crippen molar-refractivity contribution >= 4 is 40.6 Å². The number of ether oxygens (including phenoxy) is 1. The van der Waals surface area contributed by atoms with E-state index >= 15 is 0 Å². The number of thiophene rings is 1. The maximum atomic E-state index is 13.7. The molecule has 10 nitrogen and oxygen atoms in total. The van der Waals surface area contributed by atoms with Crippen LogP contribution in [0.5, 0.6) is 5.75 Å². The Bertz CT molecular complexity index is 1860. The van der Waals surface area contributed by atoms with Crippen molar-refractivity contribution in [3.63, 3.8) is 0 Å². The van der Waals surface area contributed by atoms with Gasteiger partial charge in [-0.2, -0.15) is 18.3 Å². The summed E-state index contributed by atoms with van der Waals surface area (Å²) in [6, 6.07) is 18.6. The number of furan rings is 1. The van der Waals surface area contributed by atoms with Crippen LogP contribution in [0, 0.1) is 0 Å². The van der Waals surface area contributed by atoms with Crippen LogP contribution in [0.4, 0.5) is 13.2 Å². The van der Waals surface area contributed by atoms with Gasteiger partial charge in [-0.1, -0.05) is 36.0 Å². The Hall–Kier alpha value is -4.89. The van der Waals surface area contributed by atoms with E-state index in [-0.39, 0.29) is 46.7 Å². The number of nitrogens with zero attached hydrogens (tertiary/aromatic N) is 5. The van der Waals surface area contributed by atoms with Gasteiger partial charge in [0, 0.05) is 6.42 Å². The predicted octanol–water partition coefficient (Wildman–Crippen LogP) is 6.35. The highest BCUT2D eigenvalue weighted by atomic mass is 32.2. The molecule has 0 bridgehead atoms. The fraction of sp³-hybridized carbons (Fsp3) is 0.194. The van der Waals surface area contributed by atoms with Crippen molar-refractivity contribution < 1.29 is 31.9 Å². The Morgan fingerprint density at radius 1 is 1.09 bits per heavy atom. The first-order valence-electron chi connectivity index (χ1n) is 13.8. The number of alkyl halides is 3. The molecule has 1 aliphatic rings. The summed E-state index contributed by atoms with van der Waals surface area (Å²) >= 11 is 2.53. The molecule has 0 fully saturated rings. The maximum Gasteiger partial charge on any atom is 0.416 e. The largest absolute Gasteiger partial charge is 0.497 e. The number of nitrogens with one attached hydrogen (secondary N) is 1. The molecule has 0 saturated carbocycles. The third-order valence-electron chi connectivity index (χ3n) is 7.08. The summed E-state index contributed by atoms with van der Waals surface area (Å²) < 4.78 is 52.6. The number of thioether (sulfide) groups is 1. The van der Waals surface area contributed by atoms with Gasteiger partial charge in [0.15, 0.2) is 16.7 Å². The molecule has 0 saturated heterocycles. The molecular weight excluding hydrogens is 642 g/mol.